The van der Waals surface area contributed by atoms with Crippen molar-refractivity contribution in [1.29, 1.82) is 0 Å². The van der Waals surface area contributed by atoms with Gasteiger partial charge in [0, 0.05) is 37.6 Å². The average molecular weight is 439 g/mol. The minimum Gasteiger partial charge on any atom is -0.454 e. The number of hydrogen-bond donors (Lipinski definition) is 0. The number of benzene rings is 1. The highest BCUT2D eigenvalue weighted by atomic mass is 35.5. The summed E-state index contributed by atoms with van der Waals surface area (Å²) < 4.78 is 32.6. The summed E-state index contributed by atoms with van der Waals surface area (Å²) in [6, 6.07) is 5.47. The summed E-state index contributed by atoms with van der Waals surface area (Å²) in [5.41, 5.74) is 1.97. The van der Waals surface area contributed by atoms with Crippen LogP contribution in [0.25, 0.3) is 0 Å². The molecule has 0 saturated heterocycles. The number of rotatable bonds is 8. The molecular formula is C20H23ClN2O5S. The third-order valence-electron chi connectivity index (χ3n) is 4.46. The summed E-state index contributed by atoms with van der Waals surface area (Å²) in [6.07, 6.45) is 1.73. The number of allylic oxidation sites excluding steroid dienone is 1. The van der Waals surface area contributed by atoms with Gasteiger partial charge in [0.2, 0.25) is 15.8 Å². The number of ketones is 1. The van der Waals surface area contributed by atoms with Crippen LogP contribution >= 0.6 is 11.6 Å². The van der Waals surface area contributed by atoms with Gasteiger partial charge in [0.25, 0.3) is 0 Å². The van der Waals surface area contributed by atoms with Gasteiger partial charge in [0.15, 0.2) is 6.61 Å². The van der Waals surface area contributed by atoms with E-state index in [0.717, 1.165) is 21.8 Å². The highest BCUT2D eigenvalue weighted by Gasteiger charge is 2.23. The number of esters is 1. The first-order chi connectivity index (χ1) is 13.5. The van der Waals surface area contributed by atoms with Gasteiger partial charge in [-0.3, -0.25) is 4.79 Å². The lowest BCUT2D eigenvalue weighted by molar-refractivity contribution is 0.0474. The first-order valence-corrected chi connectivity index (χ1v) is 10.5. The van der Waals surface area contributed by atoms with Crippen LogP contribution in [0.15, 0.2) is 41.8 Å². The summed E-state index contributed by atoms with van der Waals surface area (Å²) >= 11 is 6.03. The molecule has 0 aliphatic heterocycles. The van der Waals surface area contributed by atoms with Gasteiger partial charge in [-0.1, -0.05) is 17.7 Å². The second kappa shape index (κ2) is 8.94. The molecule has 0 bridgehead atoms. The zero-order valence-corrected chi connectivity index (χ0v) is 18.3. The van der Waals surface area contributed by atoms with Crippen molar-refractivity contribution in [1.82, 2.24) is 8.87 Å². The molecule has 0 aliphatic carbocycles. The van der Waals surface area contributed by atoms with E-state index in [1.165, 1.54) is 26.2 Å². The van der Waals surface area contributed by atoms with Crippen molar-refractivity contribution in [3.05, 3.63) is 64.5 Å². The predicted molar refractivity (Wildman–Crippen MR) is 111 cm³/mol. The summed E-state index contributed by atoms with van der Waals surface area (Å²) in [5.74, 6) is -1.24. The van der Waals surface area contributed by atoms with E-state index in [0.29, 0.717) is 12.1 Å². The number of Topliss-reactive ketones (excluding diaryl/α,β-unsaturated/α-hetero) is 1. The van der Waals surface area contributed by atoms with Crippen LogP contribution in [-0.2, 0) is 21.3 Å². The van der Waals surface area contributed by atoms with Crippen molar-refractivity contribution in [2.24, 2.45) is 0 Å². The van der Waals surface area contributed by atoms with Crippen molar-refractivity contribution < 1.29 is 22.7 Å². The van der Waals surface area contributed by atoms with Crippen molar-refractivity contribution in [2.45, 2.75) is 25.3 Å². The first-order valence-electron chi connectivity index (χ1n) is 8.70. The van der Waals surface area contributed by atoms with Crippen molar-refractivity contribution in [3.63, 3.8) is 0 Å². The second-order valence-electron chi connectivity index (χ2n) is 6.61. The molecule has 0 spiro atoms. The van der Waals surface area contributed by atoms with E-state index < -0.39 is 22.6 Å². The average Bonchev–Trinajstić information content (AvgIpc) is 2.94. The Bertz CT molecular complexity index is 1070. The van der Waals surface area contributed by atoms with E-state index in [1.54, 1.807) is 19.1 Å². The molecule has 2 aromatic rings. The Morgan fingerprint density at radius 2 is 1.86 bits per heavy atom. The van der Waals surface area contributed by atoms with Gasteiger partial charge >= 0.3 is 5.97 Å². The number of sulfonamides is 1. The Balaban J connectivity index is 2.21. The lowest BCUT2D eigenvalue weighted by Crippen LogP contribution is -2.22. The maximum absolute atomic E-state index is 12.5. The number of aromatic nitrogens is 1. The molecule has 1 aromatic heterocycles. The largest absolute Gasteiger partial charge is 0.454 e. The number of carbonyl (C=O) groups excluding carboxylic acids is 2. The molecule has 0 aliphatic rings. The first kappa shape index (κ1) is 22.9. The number of carbonyl (C=O) groups is 2. The van der Waals surface area contributed by atoms with Gasteiger partial charge in [-0.15, -0.1) is 6.58 Å². The van der Waals surface area contributed by atoms with Gasteiger partial charge < -0.3 is 9.30 Å². The third-order valence-corrected chi connectivity index (χ3v) is 6.60. The van der Waals surface area contributed by atoms with E-state index in [-0.39, 0.29) is 21.3 Å². The minimum atomic E-state index is -3.75. The van der Waals surface area contributed by atoms with Crippen molar-refractivity contribution >= 4 is 33.4 Å². The molecule has 29 heavy (non-hydrogen) atoms. The lowest BCUT2D eigenvalue weighted by atomic mass is 10.1. The van der Waals surface area contributed by atoms with Crippen LogP contribution in [0.5, 0.6) is 0 Å². The van der Waals surface area contributed by atoms with Crippen molar-refractivity contribution in [2.75, 3.05) is 20.7 Å². The van der Waals surface area contributed by atoms with Crippen LogP contribution < -0.4 is 0 Å². The zero-order chi connectivity index (χ0) is 21.9. The molecule has 0 fully saturated rings. The van der Waals surface area contributed by atoms with Crippen LogP contribution in [0.2, 0.25) is 5.02 Å². The van der Waals surface area contributed by atoms with Gasteiger partial charge in [0.1, 0.15) is 0 Å². The van der Waals surface area contributed by atoms with Crippen LogP contribution in [0.4, 0.5) is 0 Å². The fourth-order valence-electron chi connectivity index (χ4n) is 2.81. The van der Waals surface area contributed by atoms with Gasteiger partial charge in [0.05, 0.1) is 15.5 Å². The molecule has 0 radical (unpaired) electrons. The SMILES string of the molecule is C=CCn1c(C)cc(C(=O)COC(=O)c2cc(S(=O)(=O)N(C)C)ccc2Cl)c1C. The van der Waals surface area contributed by atoms with Gasteiger partial charge in [-0.25, -0.2) is 17.5 Å². The number of aryl methyl sites for hydroxylation is 1. The number of ether oxygens (including phenoxy) is 1. The lowest BCUT2D eigenvalue weighted by Gasteiger charge is -2.13. The molecule has 0 saturated carbocycles. The number of halogens is 1. The normalized spacial score (nSPS) is 11.5. The van der Waals surface area contributed by atoms with Crippen LogP contribution in [0.3, 0.4) is 0 Å². The highest BCUT2D eigenvalue weighted by molar-refractivity contribution is 7.89. The maximum atomic E-state index is 12.5. The van der Waals surface area contributed by atoms with E-state index >= 15 is 0 Å². The molecule has 0 amide bonds. The van der Waals surface area contributed by atoms with E-state index in [4.69, 9.17) is 16.3 Å². The molecule has 2 rings (SSSR count). The van der Waals surface area contributed by atoms with E-state index in [2.05, 4.69) is 6.58 Å². The maximum Gasteiger partial charge on any atom is 0.340 e. The topological polar surface area (TPSA) is 85.7 Å². The quantitative estimate of drug-likeness (QED) is 0.359. The van der Waals surface area contributed by atoms with Crippen LogP contribution in [0.1, 0.15) is 32.1 Å². The second-order valence-corrected chi connectivity index (χ2v) is 9.17. The van der Waals surface area contributed by atoms with Gasteiger partial charge in [-0.05, 0) is 38.1 Å². The molecular weight excluding hydrogens is 416 g/mol. The summed E-state index contributed by atoms with van der Waals surface area (Å²) in [5, 5.41) is 0.0318. The number of hydrogen-bond acceptors (Lipinski definition) is 5. The fraction of sp³-hybridized carbons (Fsp3) is 0.300. The fourth-order valence-corrected chi connectivity index (χ4v) is 3.94. The molecule has 0 atom stereocenters. The predicted octanol–water partition coefficient (Wildman–Crippen LogP) is 3.23. The summed E-state index contributed by atoms with van der Waals surface area (Å²) in [4.78, 5) is 24.8. The van der Waals surface area contributed by atoms with E-state index in [1.807, 2.05) is 11.5 Å². The standard InChI is InChI=1S/C20H23ClN2O5S/c1-6-9-23-13(2)10-16(14(23)3)19(24)12-28-20(25)17-11-15(7-8-18(17)21)29(26,27)22(4)5/h6-8,10-11H,1,9,12H2,2-5H3. The molecule has 1 aromatic carbocycles. The zero-order valence-electron chi connectivity index (χ0n) is 16.7. The van der Waals surface area contributed by atoms with Crippen molar-refractivity contribution in [3.8, 4) is 0 Å². The Kier molecular flexibility index (Phi) is 7.05. The third kappa shape index (κ3) is 4.77. The molecule has 0 N–H and O–H groups in total. The van der Waals surface area contributed by atoms with Crippen LogP contribution in [-0.4, -0.2) is 49.7 Å². The monoisotopic (exact) mass is 438 g/mol. The number of nitrogens with zero attached hydrogens (tertiary/aromatic N) is 2. The highest BCUT2D eigenvalue weighted by Crippen LogP contribution is 2.23. The molecule has 9 heteroatoms. The summed E-state index contributed by atoms with van der Waals surface area (Å²) in [7, 11) is -0.991. The Morgan fingerprint density at radius 1 is 1.21 bits per heavy atom. The Morgan fingerprint density at radius 3 is 2.45 bits per heavy atom. The van der Waals surface area contributed by atoms with Crippen LogP contribution in [0, 0.1) is 13.8 Å². The Hall–Kier alpha value is -2.42. The smallest absolute Gasteiger partial charge is 0.340 e. The minimum absolute atomic E-state index is 0.0318. The van der Waals surface area contributed by atoms with Gasteiger partial charge in [-0.2, -0.15) is 0 Å². The molecule has 7 nitrogen and oxygen atoms in total. The van der Waals surface area contributed by atoms with E-state index in [9.17, 15) is 18.0 Å². The Labute approximate surface area is 175 Å². The molecule has 0 unspecified atom stereocenters. The molecule has 1 heterocycles. The molecule has 156 valence electrons. The summed E-state index contributed by atoms with van der Waals surface area (Å²) in [6.45, 7) is 7.44.